The summed E-state index contributed by atoms with van der Waals surface area (Å²) in [6, 6.07) is 3.92. The standard InChI is InChI=1S/C16H30OSi/c1-5-18(6-2,7-3)12-8-9-15(4)13-17-14-16-10-11-16/h15-16H,5-7,9-11,13-14H2,1-4H3. The Hall–Kier alpha value is -0.263. The van der Waals surface area contributed by atoms with E-state index in [1.54, 1.807) is 0 Å². The third-order valence-corrected chi connectivity index (χ3v) is 9.06. The maximum Gasteiger partial charge on any atom is 0.137 e. The molecule has 1 saturated carbocycles. The van der Waals surface area contributed by atoms with Crippen LogP contribution in [0, 0.1) is 23.3 Å². The third-order valence-electron chi connectivity index (χ3n) is 4.29. The summed E-state index contributed by atoms with van der Waals surface area (Å²) in [6.07, 6.45) is 3.77. The molecule has 0 radical (unpaired) electrons. The second-order valence-corrected chi connectivity index (χ2v) is 10.9. The molecule has 0 saturated heterocycles. The zero-order valence-electron chi connectivity index (χ0n) is 12.7. The van der Waals surface area contributed by atoms with Gasteiger partial charge in [0.15, 0.2) is 0 Å². The van der Waals surface area contributed by atoms with Crippen LogP contribution in [0.1, 0.15) is 47.0 Å². The summed E-state index contributed by atoms with van der Waals surface area (Å²) in [6.45, 7) is 11.1. The molecule has 0 spiro atoms. The van der Waals surface area contributed by atoms with Gasteiger partial charge in [-0.15, -0.1) is 11.5 Å². The topological polar surface area (TPSA) is 9.23 Å². The van der Waals surface area contributed by atoms with Crippen LogP contribution < -0.4 is 0 Å². The van der Waals surface area contributed by atoms with E-state index in [1.165, 1.54) is 31.0 Å². The van der Waals surface area contributed by atoms with Gasteiger partial charge in [0.2, 0.25) is 0 Å². The molecule has 0 aromatic rings. The molecular formula is C16H30OSi. The lowest BCUT2D eigenvalue weighted by molar-refractivity contribution is 0.0976. The van der Waals surface area contributed by atoms with Gasteiger partial charge < -0.3 is 4.74 Å². The number of ether oxygens (including phenoxy) is 1. The van der Waals surface area contributed by atoms with E-state index in [0.717, 1.165) is 25.6 Å². The maximum absolute atomic E-state index is 5.72. The molecule has 0 N–H and O–H groups in total. The highest BCUT2D eigenvalue weighted by atomic mass is 28.3. The molecule has 0 aromatic heterocycles. The zero-order chi connectivity index (χ0) is 13.4. The van der Waals surface area contributed by atoms with Crippen LogP contribution in [-0.4, -0.2) is 21.3 Å². The Bertz CT molecular complexity index is 273. The van der Waals surface area contributed by atoms with Gasteiger partial charge in [-0.25, -0.2) is 0 Å². The van der Waals surface area contributed by atoms with Gasteiger partial charge in [0, 0.05) is 13.0 Å². The summed E-state index contributed by atoms with van der Waals surface area (Å²) in [4.78, 5) is 0. The first-order chi connectivity index (χ1) is 8.65. The molecule has 1 fully saturated rings. The largest absolute Gasteiger partial charge is 0.381 e. The van der Waals surface area contributed by atoms with Gasteiger partial charge in [0.25, 0.3) is 0 Å². The van der Waals surface area contributed by atoms with E-state index in [-0.39, 0.29) is 0 Å². The fourth-order valence-electron chi connectivity index (χ4n) is 2.21. The van der Waals surface area contributed by atoms with E-state index in [0.29, 0.717) is 5.92 Å². The molecule has 1 atom stereocenters. The quantitative estimate of drug-likeness (QED) is 0.464. The number of rotatable bonds is 8. The van der Waals surface area contributed by atoms with Crippen LogP contribution in [0.25, 0.3) is 0 Å². The minimum atomic E-state index is -1.23. The first-order valence-electron chi connectivity index (χ1n) is 7.73. The molecule has 1 aliphatic rings. The molecule has 18 heavy (non-hydrogen) atoms. The average molecular weight is 267 g/mol. The second kappa shape index (κ2) is 8.02. The van der Waals surface area contributed by atoms with E-state index in [9.17, 15) is 0 Å². The van der Waals surface area contributed by atoms with Crippen molar-refractivity contribution < 1.29 is 4.74 Å². The lowest BCUT2D eigenvalue weighted by atomic mass is 10.1. The van der Waals surface area contributed by atoms with Crippen LogP contribution in [0.3, 0.4) is 0 Å². The smallest absolute Gasteiger partial charge is 0.137 e. The summed E-state index contributed by atoms with van der Waals surface area (Å²) >= 11 is 0. The average Bonchev–Trinajstić information content (AvgIpc) is 3.19. The Morgan fingerprint density at radius 3 is 2.28 bits per heavy atom. The van der Waals surface area contributed by atoms with Crippen LogP contribution in [0.15, 0.2) is 0 Å². The fourth-order valence-corrected chi connectivity index (χ4v) is 4.71. The van der Waals surface area contributed by atoms with Crippen molar-refractivity contribution in [2.45, 2.75) is 65.1 Å². The number of hydrogen-bond acceptors (Lipinski definition) is 1. The van der Waals surface area contributed by atoms with Crippen LogP contribution >= 0.6 is 0 Å². The molecule has 0 amide bonds. The zero-order valence-corrected chi connectivity index (χ0v) is 13.7. The van der Waals surface area contributed by atoms with Gasteiger partial charge in [-0.05, 0) is 42.8 Å². The highest BCUT2D eigenvalue weighted by molar-refractivity contribution is 6.87. The Morgan fingerprint density at radius 2 is 1.78 bits per heavy atom. The molecule has 0 aromatic carbocycles. The minimum Gasteiger partial charge on any atom is -0.381 e. The van der Waals surface area contributed by atoms with Crippen molar-refractivity contribution in [2.24, 2.45) is 11.8 Å². The van der Waals surface area contributed by atoms with Crippen LogP contribution in [0.2, 0.25) is 18.1 Å². The van der Waals surface area contributed by atoms with E-state index >= 15 is 0 Å². The molecule has 2 heteroatoms. The molecule has 0 aliphatic heterocycles. The highest BCUT2D eigenvalue weighted by Gasteiger charge is 2.24. The molecule has 1 unspecified atom stereocenters. The predicted octanol–water partition coefficient (Wildman–Crippen LogP) is 4.49. The SMILES string of the molecule is CC[Si](C#CCC(C)COCC1CC1)(CC)CC. The van der Waals surface area contributed by atoms with E-state index in [4.69, 9.17) is 4.74 Å². The Labute approximate surface area is 115 Å². The summed E-state index contributed by atoms with van der Waals surface area (Å²) < 4.78 is 5.72. The molecule has 1 nitrogen and oxygen atoms in total. The maximum atomic E-state index is 5.72. The van der Waals surface area contributed by atoms with Gasteiger partial charge >= 0.3 is 0 Å². The normalized spacial score (nSPS) is 17.1. The first-order valence-corrected chi connectivity index (χ1v) is 10.4. The van der Waals surface area contributed by atoms with Crippen molar-refractivity contribution in [3.8, 4) is 11.5 Å². The van der Waals surface area contributed by atoms with Gasteiger partial charge in [0.1, 0.15) is 8.07 Å². The lowest BCUT2D eigenvalue weighted by Crippen LogP contribution is -2.29. The van der Waals surface area contributed by atoms with E-state index in [2.05, 4.69) is 39.2 Å². The van der Waals surface area contributed by atoms with Gasteiger partial charge in [-0.1, -0.05) is 27.7 Å². The van der Waals surface area contributed by atoms with Crippen LogP contribution in [-0.2, 0) is 4.74 Å². The van der Waals surface area contributed by atoms with Crippen molar-refractivity contribution in [3.63, 3.8) is 0 Å². The molecule has 1 rings (SSSR count). The summed E-state index contributed by atoms with van der Waals surface area (Å²) in [5, 5.41) is 0. The fraction of sp³-hybridized carbons (Fsp3) is 0.875. The molecule has 0 heterocycles. The van der Waals surface area contributed by atoms with E-state index < -0.39 is 8.07 Å². The van der Waals surface area contributed by atoms with Gasteiger partial charge in [-0.2, -0.15) is 0 Å². The summed E-state index contributed by atoms with van der Waals surface area (Å²) in [5.41, 5.74) is 3.66. The van der Waals surface area contributed by atoms with Crippen molar-refractivity contribution in [2.75, 3.05) is 13.2 Å². The Morgan fingerprint density at radius 1 is 1.17 bits per heavy atom. The van der Waals surface area contributed by atoms with Crippen molar-refractivity contribution in [1.82, 2.24) is 0 Å². The molecule has 0 bridgehead atoms. The van der Waals surface area contributed by atoms with Crippen LogP contribution in [0.5, 0.6) is 0 Å². The lowest BCUT2D eigenvalue weighted by Gasteiger charge is -2.20. The Kier molecular flexibility index (Phi) is 7.03. The van der Waals surface area contributed by atoms with Crippen molar-refractivity contribution >= 4 is 8.07 Å². The first kappa shape index (κ1) is 15.8. The van der Waals surface area contributed by atoms with Gasteiger partial charge in [-0.3, -0.25) is 0 Å². The minimum absolute atomic E-state index is 0.591. The van der Waals surface area contributed by atoms with Crippen molar-refractivity contribution in [1.29, 1.82) is 0 Å². The Balaban J connectivity index is 2.24. The van der Waals surface area contributed by atoms with Gasteiger partial charge in [0.05, 0.1) is 6.61 Å². The molecular weight excluding hydrogens is 236 g/mol. The monoisotopic (exact) mass is 266 g/mol. The van der Waals surface area contributed by atoms with E-state index in [1.807, 2.05) is 0 Å². The summed E-state index contributed by atoms with van der Waals surface area (Å²) in [7, 11) is -1.23. The molecule has 104 valence electrons. The number of hydrogen-bond donors (Lipinski definition) is 0. The van der Waals surface area contributed by atoms with Crippen LogP contribution in [0.4, 0.5) is 0 Å². The third kappa shape index (κ3) is 5.59. The second-order valence-electron chi connectivity index (χ2n) is 5.93. The van der Waals surface area contributed by atoms with Crippen molar-refractivity contribution in [3.05, 3.63) is 0 Å². The molecule has 1 aliphatic carbocycles. The predicted molar refractivity (Wildman–Crippen MR) is 82.3 cm³/mol. The highest BCUT2D eigenvalue weighted by Crippen LogP contribution is 2.28. The summed E-state index contributed by atoms with van der Waals surface area (Å²) in [5.74, 6) is 4.93.